The van der Waals surface area contributed by atoms with Gasteiger partial charge >= 0.3 is 17.9 Å². The molecule has 2 aliphatic rings. The third-order valence-electron chi connectivity index (χ3n) is 9.01. The normalized spacial score (nSPS) is 21.2. The molecule has 1 aliphatic heterocycles. The van der Waals surface area contributed by atoms with E-state index in [9.17, 15) is 44.1 Å². The highest BCUT2D eigenvalue weighted by Crippen LogP contribution is 2.29. The van der Waals surface area contributed by atoms with Crippen molar-refractivity contribution in [3.8, 4) is 0 Å². The molecule has 0 atom stereocenters. The fraction of sp³-hybridized carbons (Fsp3) is 0.812. The Morgan fingerprint density at radius 2 is 1.02 bits per heavy atom. The van der Waals surface area contributed by atoms with Crippen molar-refractivity contribution in [3.05, 3.63) is 0 Å². The maximum absolute atomic E-state index is 12.8. The summed E-state index contributed by atoms with van der Waals surface area (Å²) in [6, 6.07) is 0. The number of ketones is 1. The monoisotopic (exact) mass is 668 g/mol. The summed E-state index contributed by atoms with van der Waals surface area (Å²) in [5, 5.41) is 34.0. The van der Waals surface area contributed by atoms with E-state index in [0.29, 0.717) is 96.4 Å². The second kappa shape index (κ2) is 22.4. The van der Waals surface area contributed by atoms with Crippen molar-refractivity contribution in [3.63, 3.8) is 0 Å². The highest BCUT2D eigenvalue weighted by Gasteiger charge is 2.25. The van der Waals surface area contributed by atoms with E-state index >= 15 is 0 Å². The van der Waals surface area contributed by atoms with E-state index in [1.807, 2.05) is 11.8 Å². The van der Waals surface area contributed by atoms with Gasteiger partial charge in [0.15, 0.2) is 0 Å². The lowest BCUT2D eigenvalue weighted by atomic mass is 9.79. The van der Waals surface area contributed by atoms with Crippen LogP contribution in [0.1, 0.15) is 64.7 Å². The molecule has 1 aliphatic carbocycles. The van der Waals surface area contributed by atoms with Crippen LogP contribution in [0.15, 0.2) is 0 Å². The second-order valence-corrected chi connectivity index (χ2v) is 12.8. The summed E-state index contributed by atoms with van der Waals surface area (Å²) in [7, 11) is 0. The number of unbranched alkanes of at least 4 members (excludes halogenated alkanes) is 2. The standard InChI is InChI=1S/C32H56N6O9/c1-2-27(39)26-9-7-25(8-10-26)20-34-28(40)6-4-3-5-11-33-29(41)21-35-12-14-36(22-30(42)43)16-18-38(24-32(46)47)19-17-37(15-13-35)23-31(44)45/h25-26H,2-24H2,1H3,(H,33,41)(H,34,40)(H,42,43)(H,44,45)(H,46,47). The maximum Gasteiger partial charge on any atom is 0.317 e. The molecule has 0 aromatic rings. The zero-order valence-corrected chi connectivity index (χ0v) is 28.0. The topological polar surface area (TPSA) is 200 Å². The average molecular weight is 669 g/mol. The smallest absolute Gasteiger partial charge is 0.317 e. The first kappa shape index (κ1) is 40.0. The lowest BCUT2D eigenvalue weighted by Gasteiger charge is -2.32. The fourth-order valence-corrected chi connectivity index (χ4v) is 6.18. The number of hydrogen-bond acceptors (Lipinski definition) is 10. The number of aliphatic carboxylic acids is 3. The molecule has 0 unspecified atom stereocenters. The van der Waals surface area contributed by atoms with Crippen molar-refractivity contribution in [2.75, 3.05) is 91.6 Å². The van der Waals surface area contributed by atoms with E-state index < -0.39 is 17.9 Å². The molecule has 47 heavy (non-hydrogen) atoms. The Kier molecular flexibility index (Phi) is 19.1. The Morgan fingerprint density at radius 3 is 1.45 bits per heavy atom. The fourth-order valence-electron chi connectivity index (χ4n) is 6.18. The number of amides is 2. The Balaban J connectivity index is 1.74. The summed E-state index contributed by atoms with van der Waals surface area (Å²) in [5.41, 5.74) is 0. The van der Waals surface area contributed by atoms with Crippen LogP contribution in [-0.4, -0.2) is 162 Å². The van der Waals surface area contributed by atoms with Gasteiger partial charge in [0.1, 0.15) is 5.78 Å². The van der Waals surface area contributed by atoms with E-state index in [1.165, 1.54) is 0 Å². The van der Waals surface area contributed by atoms with E-state index in [1.54, 1.807) is 14.7 Å². The molecule has 0 radical (unpaired) electrons. The highest BCUT2D eigenvalue weighted by molar-refractivity contribution is 5.80. The summed E-state index contributed by atoms with van der Waals surface area (Å²) < 4.78 is 0. The molecule has 1 saturated carbocycles. The van der Waals surface area contributed by atoms with Gasteiger partial charge in [-0.3, -0.25) is 48.4 Å². The third kappa shape index (κ3) is 18.1. The van der Waals surface area contributed by atoms with Gasteiger partial charge in [-0.25, -0.2) is 0 Å². The Morgan fingerprint density at radius 1 is 0.574 bits per heavy atom. The summed E-state index contributed by atoms with van der Waals surface area (Å²) in [5.74, 6) is -2.21. The summed E-state index contributed by atoms with van der Waals surface area (Å²) >= 11 is 0. The van der Waals surface area contributed by atoms with Gasteiger partial charge < -0.3 is 26.0 Å². The number of nitrogens with one attached hydrogen (secondary N) is 2. The summed E-state index contributed by atoms with van der Waals surface area (Å²) in [6.07, 6.45) is 7.03. The van der Waals surface area contributed by atoms with E-state index in [0.717, 1.165) is 38.5 Å². The molecule has 2 amide bonds. The largest absolute Gasteiger partial charge is 0.480 e. The SMILES string of the molecule is CCC(=O)C1CCC(CNC(=O)CCCCCNC(=O)CN2CCN(CC(=O)O)CCN(CC(=O)O)CCN(CC(=O)O)CC2)CC1. The second-order valence-electron chi connectivity index (χ2n) is 12.8. The van der Waals surface area contributed by atoms with Crippen LogP contribution in [0.3, 0.4) is 0 Å². The van der Waals surface area contributed by atoms with Crippen LogP contribution in [0.5, 0.6) is 0 Å². The van der Waals surface area contributed by atoms with Crippen LogP contribution >= 0.6 is 0 Å². The van der Waals surface area contributed by atoms with E-state index in [2.05, 4.69) is 10.6 Å². The van der Waals surface area contributed by atoms with Gasteiger partial charge in [0.25, 0.3) is 0 Å². The first-order valence-corrected chi connectivity index (χ1v) is 17.1. The van der Waals surface area contributed by atoms with Crippen molar-refractivity contribution in [1.82, 2.24) is 30.2 Å². The van der Waals surface area contributed by atoms with Crippen LogP contribution in [0.4, 0.5) is 0 Å². The van der Waals surface area contributed by atoms with Crippen LogP contribution in [0.25, 0.3) is 0 Å². The number of nitrogens with zero attached hydrogens (tertiary/aromatic N) is 4. The van der Waals surface area contributed by atoms with Crippen LogP contribution in [0.2, 0.25) is 0 Å². The molecule has 268 valence electrons. The number of carboxylic acids is 3. The molecule has 1 saturated heterocycles. The Hall–Kier alpha value is -3.14. The molecule has 1 heterocycles. The number of carbonyl (C=O) groups excluding carboxylic acids is 3. The average Bonchev–Trinajstić information content (AvgIpc) is 3.02. The molecular weight excluding hydrogens is 612 g/mol. The Labute approximate surface area is 278 Å². The van der Waals surface area contributed by atoms with Crippen LogP contribution in [0, 0.1) is 11.8 Å². The van der Waals surface area contributed by atoms with Crippen molar-refractivity contribution in [2.45, 2.75) is 64.7 Å². The van der Waals surface area contributed by atoms with Crippen LogP contribution < -0.4 is 10.6 Å². The Bertz CT molecular complexity index is 989. The molecule has 0 aromatic carbocycles. The minimum atomic E-state index is -1.01. The highest BCUT2D eigenvalue weighted by atomic mass is 16.4. The number of carboxylic acid groups (broad SMARTS) is 3. The molecular formula is C32H56N6O9. The molecule has 2 fully saturated rings. The third-order valence-corrected chi connectivity index (χ3v) is 9.01. The molecule has 15 nitrogen and oxygen atoms in total. The lowest BCUT2D eigenvalue weighted by Crippen LogP contribution is -2.49. The summed E-state index contributed by atoms with van der Waals surface area (Å²) in [4.78, 5) is 78.2. The van der Waals surface area contributed by atoms with E-state index in [-0.39, 0.29) is 43.9 Å². The minimum absolute atomic E-state index is 0.0274. The minimum Gasteiger partial charge on any atom is -0.480 e. The molecule has 5 N–H and O–H groups in total. The van der Waals surface area contributed by atoms with Gasteiger partial charge in [-0.1, -0.05) is 13.3 Å². The molecule has 2 rings (SSSR count). The first-order valence-electron chi connectivity index (χ1n) is 17.1. The molecule has 0 bridgehead atoms. The molecule has 0 aromatic heterocycles. The number of Topliss-reactive ketones (excluding diaryl/α,β-unsaturated/α-hetero) is 1. The quantitative estimate of drug-likeness (QED) is 0.123. The van der Waals surface area contributed by atoms with Gasteiger partial charge in [0, 0.05) is 84.2 Å². The number of rotatable bonds is 18. The van der Waals surface area contributed by atoms with Gasteiger partial charge in [0.05, 0.1) is 26.2 Å². The van der Waals surface area contributed by atoms with Crippen LogP contribution in [-0.2, 0) is 28.8 Å². The lowest BCUT2D eigenvalue weighted by molar-refractivity contribution is -0.140. The van der Waals surface area contributed by atoms with Gasteiger partial charge in [-0.15, -0.1) is 0 Å². The van der Waals surface area contributed by atoms with Crippen molar-refractivity contribution >= 4 is 35.5 Å². The molecule has 0 spiro atoms. The number of carbonyl (C=O) groups is 6. The van der Waals surface area contributed by atoms with Crippen molar-refractivity contribution in [1.29, 1.82) is 0 Å². The van der Waals surface area contributed by atoms with E-state index in [4.69, 9.17) is 0 Å². The predicted molar refractivity (Wildman–Crippen MR) is 174 cm³/mol. The zero-order chi connectivity index (χ0) is 34.6. The van der Waals surface area contributed by atoms with Gasteiger partial charge in [-0.05, 0) is 44.4 Å². The van der Waals surface area contributed by atoms with Crippen molar-refractivity contribution < 1.29 is 44.1 Å². The zero-order valence-electron chi connectivity index (χ0n) is 28.0. The first-order chi connectivity index (χ1) is 22.4. The van der Waals surface area contributed by atoms with Crippen molar-refractivity contribution in [2.24, 2.45) is 11.8 Å². The maximum atomic E-state index is 12.8. The predicted octanol–water partition coefficient (Wildman–Crippen LogP) is 0.0401. The van der Waals surface area contributed by atoms with Gasteiger partial charge in [-0.2, -0.15) is 0 Å². The van der Waals surface area contributed by atoms with Gasteiger partial charge in [0.2, 0.25) is 11.8 Å². The summed E-state index contributed by atoms with van der Waals surface area (Å²) in [6.45, 7) is 5.16. The number of hydrogen-bond donors (Lipinski definition) is 5. The molecule has 15 heteroatoms.